The van der Waals surface area contributed by atoms with E-state index in [1.165, 1.54) is 0 Å². The number of rotatable bonds is 7. The second-order valence-electron chi connectivity index (χ2n) is 6.34. The van der Waals surface area contributed by atoms with E-state index in [1.54, 1.807) is 18.2 Å². The lowest BCUT2D eigenvalue weighted by Crippen LogP contribution is -2.12. The molecule has 0 bridgehead atoms. The van der Waals surface area contributed by atoms with Crippen molar-refractivity contribution in [3.05, 3.63) is 75.6 Å². The van der Waals surface area contributed by atoms with Crippen LogP contribution >= 0.6 is 0 Å². The molecule has 0 spiro atoms. The number of ketones is 1. The van der Waals surface area contributed by atoms with Gasteiger partial charge in [0.2, 0.25) is 0 Å². The van der Waals surface area contributed by atoms with Crippen LogP contribution in [0.4, 0.5) is 0 Å². The highest BCUT2D eigenvalue weighted by molar-refractivity contribution is 5.97. The number of Topliss-reactive ketones (excluding diaryl/α,β-unsaturated/α-hetero) is 1. The molecular weight excluding hydrogens is 328 g/mol. The van der Waals surface area contributed by atoms with Crippen LogP contribution in [0.25, 0.3) is 11.0 Å². The first-order valence-electron chi connectivity index (χ1n) is 8.87. The lowest BCUT2D eigenvalue weighted by molar-refractivity contribution is 0.0921. The Morgan fingerprint density at radius 2 is 1.88 bits per heavy atom. The van der Waals surface area contributed by atoms with Gasteiger partial charge in [-0.3, -0.25) is 4.79 Å². The van der Waals surface area contributed by atoms with E-state index in [1.807, 2.05) is 37.3 Å². The molecule has 1 heterocycles. The van der Waals surface area contributed by atoms with Gasteiger partial charge in [-0.2, -0.15) is 0 Å². The Bertz CT molecular complexity index is 971. The molecule has 0 saturated carbocycles. The zero-order valence-electron chi connectivity index (χ0n) is 15.1. The summed E-state index contributed by atoms with van der Waals surface area (Å²) in [5.74, 6) is 0.459. The largest absolute Gasteiger partial charge is 0.485 e. The molecule has 0 atom stereocenters. The molecule has 0 aliphatic rings. The molecule has 3 rings (SSSR count). The number of fused-ring (bicyclic) bond motifs is 1. The van der Waals surface area contributed by atoms with Gasteiger partial charge in [0.25, 0.3) is 0 Å². The van der Waals surface area contributed by atoms with E-state index in [-0.39, 0.29) is 18.0 Å². The van der Waals surface area contributed by atoms with Crippen molar-refractivity contribution in [1.82, 2.24) is 0 Å². The molecule has 26 heavy (non-hydrogen) atoms. The molecule has 134 valence electrons. The summed E-state index contributed by atoms with van der Waals surface area (Å²) in [6, 6.07) is 14.3. The maximum Gasteiger partial charge on any atom is 0.336 e. The minimum atomic E-state index is -0.357. The van der Waals surface area contributed by atoms with Crippen LogP contribution in [-0.4, -0.2) is 12.4 Å². The van der Waals surface area contributed by atoms with Crippen molar-refractivity contribution in [3.63, 3.8) is 0 Å². The molecule has 0 aliphatic heterocycles. The van der Waals surface area contributed by atoms with E-state index in [4.69, 9.17) is 9.15 Å². The van der Waals surface area contributed by atoms with Crippen molar-refractivity contribution < 1.29 is 13.9 Å². The van der Waals surface area contributed by atoms with Gasteiger partial charge in [-0.15, -0.1) is 0 Å². The van der Waals surface area contributed by atoms with Crippen LogP contribution < -0.4 is 10.4 Å². The van der Waals surface area contributed by atoms with E-state index < -0.39 is 0 Å². The normalized spacial score (nSPS) is 10.8. The Balaban J connectivity index is 1.87. The van der Waals surface area contributed by atoms with Gasteiger partial charge >= 0.3 is 5.63 Å². The fourth-order valence-corrected chi connectivity index (χ4v) is 2.99. The summed E-state index contributed by atoms with van der Waals surface area (Å²) >= 11 is 0. The highest BCUT2D eigenvalue weighted by atomic mass is 16.5. The summed E-state index contributed by atoms with van der Waals surface area (Å²) in [4.78, 5) is 24.1. The van der Waals surface area contributed by atoms with Crippen molar-refractivity contribution in [2.45, 2.75) is 33.1 Å². The average molecular weight is 350 g/mol. The molecule has 0 unspecified atom stereocenters. The van der Waals surface area contributed by atoms with Crippen LogP contribution in [0.5, 0.6) is 5.75 Å². The maximum absolute atomic E-state index is 12.2. The Hall–Kier alpha value is -2.88. The lowest BCUT2D eigenvalue weighted by Gasteiger charge is -2.12. The van der Waals surface area contributed by atoms with Gasteiger partial charge in [-0.1, -0.05) is 43.7 Å². The second kappa shape index (κ2) is 8.00. The lowest BCUT2D eigenvalue weighted by atomic mass is 10.0. The number of hydrogen-bond acceptors (Lipinski definition) is 4. The highest BCUT2D eigenvalue weighted by Crippen LogP contribution is 2.29. The monoisotopic (exact) mass is 350 g/mol. The molecular formula is C22H22O4. The van der Waals surface area contributed by atoms with Crippen LogP contribution in [0.1, 0.15) is 41.3 Å². The van der Waals surface area contributed by atoms with Crippen LogP contribution in [0.3, 0.4) is 0 Å². The van der Waals surface area contributed by atoms with Gasteiger partial charge in [-0.25, -0.2) is 4.79 Å². The number of ether oxygens (including phenoxy) is 1. The van der Waals surface area contributed by atoms with Crippen LogP contribution in [0, 0.1) is 6.92 Å². The Morgan fingerprint density at radius 3 is 2.62 bits per heavy atom. The first-order chi connectivity index (χ1) is 12.6. The van der Waals surface area contributed by atoms with Crippen LogP contribution in [-0.2, 0) is 6.42 Å². The van der Waals surface area contributed by atoms with Crippen LogP contribution in [0.15, 0.2) is 57.7 Å². The number of unbranched alkanes of at least 4 members (excludes halogenated alkanes) is 1. The minimum Gasteiger partial charge on any atom is -0.485 e. The molecule has 3 aromatic rings. The fourth-order valence-electron chi connectivity index (χ4n) is 2.99. The molecule has 4 nitrogen and oxygen atoms in total. The summed E-state index contributed by atoms with van der Waals surface area (Å²) in [7, 11) is 0. The van der Waals surface area contributed by atoms with Gasteiger partial charge in [0.05, 0.1) is 0 Å². The Morgan fingerprint density at radius 1 is 1.12 bits per heavy atom. The van der Waals surface area contributed by atoms with E-state index in [0.29, 0.717) is 16.9 Å². The number of benzene rings is 2. The maximum atomic E-state index is 12.2. The molecule has 0 fully saturated rings. The number of carbonyl (C=O) groups is 1. The minimum absolute atomic E-state index is 0.0594. The molecule has 0 amide bonds. The van der Waals surface area contributed by atoms with Gasteiger partial charge in [-0.05, 0) is 37.5 Å². The third-order valence-electron chi connectivity index (χ3n) is 4.45. The van der Waals surface area contributed by atoms with E-state index >= 15 is 0 Å². The standard InChI is InChI=1S/C22H22O4/c1-3-4-8-17-13-21(24)26-22-15(2)20(12-11-18(17)22)25-14-19(23)16-9-6-5-7-10-16/h5-7,9-13H,3-4,8,14H2,1-2H3. The fraction of sp³-hybridized carbons (Fsp3) is 0.273. The molecule has 0 radical (unpaired) electrons. The predicted molar refractivity (Wildman–Crippen MR) is 102 cm³/mol. The summed E-state index contributed by atoms with van der Waals surface area (Å²) in [5.41, 5.74) is 2.52. The smallest absolute Gasteiger partial charge is 0.336 e. The molecule has 0 aliphatic carbocycles. The molecule has 0 saturated heterocycles. The third kappa shape index (κ3) is 3.85. The summed E-state index contributed by atoms with van der Waals surface area (Å²) in [5, 5.41) is 0.928. The van der Waals surface area contributed by atoms with Gasteiger partial charge in [0.1, 0.15) is 11.3 Å². The van der Waals surface area contributed by atoms with Crippen molar-refractivity contribution in [2.75, 3.05) is 6.61 Å². The SMILES string of the molecule is CCCCc1cc(=O)oc2c(C)c(OCC(=O)c3ccccc3)ccc12. The van der Waals surface area contributed by atoms with Crippen molar-refractivity contribution in [3.8, 4) is 5.75 Å². The van der Waals surface area contributed by atoms with Gasteiger partial charge in [0, 0.05) is 22.6 Å². The molecule has 2 aromatic carbocycles. The van der Waals surface area contributed by atoms with Crippen molar-refractivity contribution in [1.29, 1.82) is 0 Å². The zero-order chi connectivity index (χ0) is 18.5. The van der Waals surface area contributed by atoms with Crippen molar-refractivity contribution in [2.24, 2.45) is 0 Å². The van der Waals surface area contributed by atoms with E-state index in [9.17, 15) is 9.59 Å². The second-order valence-corrected chi connectivity index (χ2v) is 6.34. The topological polar surface area (TPSA) is 56.5 Å². The highest BCUT2D eigenvalue weighted by Gasteiger charge is 2.13. The molecule has 4 heteroatoms. The number of carbonyl (C=O) groups excluding carboxylic acids is 1. The number of hydrogen-bond donors (Lipinski definition) is 0. The van der Waals surface area contributed by atoms with Crippen molar-refractivity contribution >= 4 is 16.8 Å². The van der Waals surface area contributed by atoms with E-state index in [0.717, 1.165) is 35.8 Å². The molecule has 1 aromatic heterocycles. The number of aryl methyl sites for hydroxylation is 2. The average Bonchev–Trinajstić information content (AvgIpc) is 2.66. The summed E-state index contributed by atoms with van der Waals surface area (Å²) in [6.07, 6.45) is 2.91. The summed E-state index contributed by atoms with van der Waals surface area (Å²) in [6.45, 7) is 3.90. The Labute approximate surface area is 152 Å². The van der Waals surface area contributed by atoms with Crippen LogP contribution in [0.2, 0.25) is 0 Å². The van der Waals surface area contributed by atoms with Gasteiger partial charge in [0.15, 0.2) is 12.4 Å². The molecule has 0 N–H and O–H groups in total. The summed E-state index contributed by atoms with van der Waals surface area (Å²) < 4.78 is 11.1. The van der Waals surface area contributed by atoms with Gasteiger partial charge < -0.3 is 9.15 Å². The first-order valence-corrected chi connectivity index (χ1v) is 8.87. The zero-order valence-corrected chi connectivity index (χ0v) is 15.1. The predicted octanol–water partition coefficient (Wildman–Crippen LogP) is 4.71. The first kappa shape index (κ1) is 17.9. The van der Waals surface area contributed by atoms with E-state index in [2.05, 4.69) is 6.92 Å². The third-order valence-corrected chi connectivity index (χ3v) is 4.45. The Kier molecular flexibility index (Phi) is 5.52. The quantitative estimate of drug-likeness (QED) is 0.457.